The van der Waals surface area contributed by atoms with E-state index in [0.717, 1.165) is 19.2 Å². The lowest BCUT2D eigenvalue weighted by molar-refractivity contribution is -0.144. The smallest absolute Gasteiger partial charge is 0.308 e. The van der Waals surface area contributed by atoms with E-state index >= 15 is 0 Å². The van der Waals surface area contributed by atoms with Gasteiger partial charge in [-0.05, 0) is 49.9 Å². The Morgan fingerprint density at radius 3 is 3.04 bits per heavy atom. The minimum atomic E-state index is -1.03. The fourth-order valence-electron chi connectivity index (χ4n) is 3.70. The van der Waals surface area contributed by atoms with Gasteiger partial charge in [0.2, 0.25) is 0 Å². The molecular weight excluding hydrogens is 339 g/mol. The number of carboxylic acids is 1. The van der Waals surface area contributed by atoms with Gasteiger partial charge in [0.05, 0.1) is 30.8 Å². The number of carbonyl (C=O) groups is 1. The zero-order chi connectivity index (χ0) is 18.7. The summed E-state index contributed by atoms with van der Waals surface area (Å²) in [6, 6.07) is 5.11. The van der Waals surface area contributed by atoms with Gasteiger partial charge in [0.25, 0.3) is 0 Å². The Bertz CT molecular complexity index is 798. The molecule has 1 fully saturated rings. The predicted octanol–water partition coefficient (Wildman–Crippen LogP) is 2.51. The highest BCUT2D eigenvalue weighted by atomic mass is 19.1. The molecule has 140 valence electrons. The van der Waals surface area contributed by atoms with E-state index in [1.54, 1.807) is 18.2 Å². The predicted molar refractivity (Wildman–Crippen MR) is 94.5 cm³/mol. The molecule has 2 heterocycles. The van der Waals surface area contributed by atoms with Gasteiger partial charge in [0.1, 0.15) is 11.6 Å². The van der Waals surface area contributed by atoms with Crippen molar-refractivity contribution < 1.29 is 24.1 Å². The first kappa shape index (κ1) is 18.5. The lowest BCUT2D eigenvalue weighted by atomic mass is 9.82. The molecule has 1 saturated heterocycles. The maximum absolute atomic E-state index is 14.4. The van der Waals surface area contributed by atoms with Crippen LogP contribution in [0.2, 0.25) is 0 Å². The maximum atomic E-state index is 14.4. The third-order valence-corrected chi connectivity index (χ3v) is 5.15. The normalized spacial score (nSPS) is 21.5. The standard InChI is InChI=1S/C19H23FN2O4/c1-26-12-3-4-16-13(8-12)18(15(20)10-22-16)17(23)5-2-11-6-7-21-9-14(11)19(24)25/h3-4,8,10-11,14,17,21,23H,2,5-7,9H2,1H3,(H,24,25)/t11?,14?,17-/m0/s1. The Balaban J connectivity index is 1.82. The number of nitrogens with zero attached hydrogens (tertiary/aromatic N) is 1. The number of fused-ring (bicyclic) bond motifs is 1. The van der Waals surface area contributed by atoms with Crippen LogP contribution in [0.4, 0.5) is 4.39 Å². The molecule has 0 spiro atoms. The molecule has 0 bridgehead atoms. The average molecular weight is 362 g/mol. The van der Waals surface area contributed by atoms with Crippen LogP contribution in [0.3, 0.4) is 0 Å². The molecule has 0 radical (unpaired) electrons. The fraction of sp³-hybridized carbons (Fsp3) is 0.474. The number of hydrogen-bond acceptors (Lipinski definition) is 5. The molecule has 2 aromatic rings. The van der Waals surface area contributed by atoms with Crippen molar-refractivity contribution in [3.05, 3.63) is 35.8 Å². The molecule has 0 saturated carbocycles. The number of aliphatic hydroxyl groups is 1. The third-order valence-electron chi connectivity index (χ3n) is 5.15. The number of ether oxygens (including phenoxy) is 1. The van der Waals surface area contributed by atoms with Gasteiger partial charge in [-0.2, -0.15) is 0 Å². The minimum absolute atomic E-state index is 0.0332. The monoisotopic (exact) mass is 362 g/mol. The van der Waals surface area contributed by atoms with Crippen LogP contribution in [0.15, 0.2) is 24.4 Å². The SMILES string of the molecule is COc1ccc2ncc(F)c([C@@H](O)CCC3CCNCC3C(=O)O)c2c1. The summed E-state index contributed by atoms with van der Waals surface area (Å²) in [5.41, 5.74) is 0.765. The van der Waals surface area contributed by atoms with Crippen molar-refractivity contribution in [1.29, 1.82) is 0 Å². The van der Waals surface area contributed by atoms with E-state index < -0.39 is 23.8 Å². The highest BCUT2D eigenvalue weighted by Crippen LogP contribution is 2.33. The number of piperidine rings is 1. The summed E-state index contributed by atoms with van der Waals surface area (Å²) in [4.78, 5) is 15.5. The molecule has 1 aromatic carbocycles. The number of pyridine rings is 1. The summed E-state index contributed by atoms with van der Waals surface area (Å²) >= 11 is 0. The van der Waals surface area contributed by atoms with E-state index in [-0.39, 0.29) is 11.5 Å². The Labute approximate surface area is 151 Å². The number of hydrogen-bond donors (Lipinski definition) is 3. The first-order valence-electron chi connectivity index (χ1n) is 8.75. The molecule has 2 unspecified atom stereocenters. The van der Waals surface area contributed by atoms with Gasteiger partial charge in [-0.3, -0.25) is 9.78 Å². The van der Waals surface area contributed by atoms with Gasteiger partial charge in [-0.15, -0.1) is 0 Å². The van der Waals surface area contributed by atoms with Crippen molar-refractivity contribution in [1.82, 2.24) is 10.3 Å². The Morgan fingerprint density at radius 1 is 1.50 bits per heavy atom. The van der Waals surface area contributed by atoms with Gasteiger partial charge >= 0.3 is 5.97 Å². The summed E-state index contributed by atoms with van der Waals surface area (Å²) in [5.74, 6) is -1.35. The lowest BCUT2D eigenvalue weighted by Crippen LogP contribution is -2.40. The number of nitrogens with one attached hydrogen (secondary N) is 1. The van der Waals surface area contributed by atoms with Crippen LogP contribution in [-0.2, 0) is 4.79 Å². The van der Waals surface area contributed by atoms with Crippen molar-refractivity contribution >= 4 is 16.9 Å². The van der Waals surface area contributed by atoms with Gasteiger partial charge in [0.15, 0.2) is 0 Å². The summed E-state index contributed by atoms with van der Waals surface area (Å²) in [5, 5.41) is 23.6. The molecule has 1 aromatic heterocycles. The second-order valence-electron chi connectivity index (χ2n) is 6.69. The second-order valence-corrected chi connectivity index (χ2v) is 6.69. The molecule has 0 aliphatic carbocycles. The number of methoxy groups -OCH3 is 1. The van der Waals surface area contributed by atoms with Gasteiger partial charge in [-0.25, -0.2) is 4.39 Å². The van der Waals surface area contributed by atoms with Crippen LogP contribution in [0, 0.1) is 17.7 Å². The number of halogens is 1. The minimum Gasteiger partial charge on any atom is -0.497 e. The van der Waals surface area contributed by atoms with Crippen LogP contribution in [-0.4, -0.2) is 41.4 Å². The summed E-state index contributed by atoms with van der Waals surface area (Å²) in [6.07, 6.45) is 1.63. The number of aromatic nitrogens is 1. The van der Waals surface area contributed by atoms with E-state index in [1.807, 2.05) is 0 Å². The van der Waals surface area contributed by atoms with Crippen LogP contribution in [0.1, 0.15) is 30.9 Å². The number of rotatable bonds is 6. The first-order chi connectivity index (χ1) is 12.5. The molecule has 26 heavy (non-hydrogen) atoms. The van der Waals surface area contributed by atoms with Crippen molar-refractivity contribution in [3.63, 3.8) is 0 Å². The molecule has 6 nitrogen and oxygen atoms in total. The summed E-state index contributed by atoms with van der Waals surface area (Å²) in [6.45, 7) is 1.19. The molecule has 1 aliphatic rings. The summed E-state index contributed by atoms with van der Waals surface area (Å²) < 4.78 is 19.6. The van der Waals surface area contributed by atoms with E-state index in [0.29, 0.717) is 36.0 Å². The third kappa shape index (κ3) is 3.78. The van der Waals surface area contributed by atoms with Crippen molar-refractivity contribution in [2.45, 2.75) is 25.4 Å². The summed E-state index contributed by atoms with van der Waals surface area (Å²) in [7, 11) is 1.52. The molecule has 3 atom stereocenters. The second kappa shape index (κ2) is 7.97. The van der Waals surface area contributed by atoms with Crippen molar-refractivity contribution in [2.24, 2.45) is 11.8 Å². The Kier molecular flexibility index (Phi) is 5.68. The van der Waals surface area contributed by atoms with Crippen LogP contribution in [0.5, 0.6) is 5.75 Å². The van der Waals surface area contributed by atoms with E-state index in [2.05, 4.69) is 10.3 Å². The zero-order valence-corrected chi connectivity index (χ0v) is 14.6. The number of carboxylic acid groups (broad SMARTS) is 1. The Morgan fingerprint density at radius 2 is 2.31 bits per heavy atom. The fourth-order valence-corrected chi connectivity index (χ4v) is 3.70. The van der Waals surface area contributed by atoms with E-state index in [1.165, 1.54) is 7.11 Å². The average Bonchev–Trinajstić information content (AvgIpc) is 2.65. The molecule has 0 amide bonds. The van der Waals surface area contributed by atoms with Gasteiger partial charge < -0.3 is 20.3 Å². The number of aliphatic carboxylic acids is 1. The van der Waals surface area contributed by atoms with Gasteiger partial charge in [-0.1, -0.05) is 0 Å². The highest BCUT2D eigenvalue weighted by molar-refractivity contribution is 5.84. The maximum Gasteiger partial charge on any atom is 0.308 e. The zero-order valence-electron chi connectivity index (χ0n) is 14.6. The number of benzene rings is 1. The lowest BCUT2D eigenvalue weighted by Gasteiger charge is -2.30. The van der Waals surface area contributed by atoms with Crippen molar-refractivity contribution in [2.75, 3.05) is 20.2 Å². The molecule has 3 N–H and O–H groups in total. The molecule has 1 aliphatic heterocycles. The van der Waals surface area contributed by atoms with Crippen LogP contribution >= 0.6 is 0 Å². The van der Waals surface area contributed by atoms with Crippen LogP contribution < -0.4 is 10.1 Å². The first-order valence-corrected chi connectivity index (χ1v) is 8.75. The van der Waals surface area contributed by atoms with E-state index in [4.69, 9.17) is 4.74 Å². The van der Waals surface area contributed by atoms with Gasteiger partial charge in [0, 0.05) is 17.5 Å². The number of aliphatic hydroxyl groups excluding tert-OH is 1. The quantitative estimate of drug-likeness (QED) is 0.731. The topological polar surface area (TPSA) is 91.7 Å². The molecule has 3 rings (SSSR count). The van der Waals surface area contributed by atoms with E-state index in [9.17, 15) is 19.4 Å². The van der Waals surface area contributed by atoms with Crippen LogP contribution in [0.25, 0.3) is 10.9 Å². The highest BCUT2D eigenvalue weighted by Gasteiger charge is 2.31. The van der Waals surface area contributed by atoms with Crippen molar-refractivity contribution in [3.8, 4) is 5.75 Å². The molecule has 7 heteroatoms. The molecular formula is C19H23FN2O4. The Hall–Kier alpha value is -2.25. The largest absolute Gasteiger partial charge is 0.497 e.